The van der Waals surface area contributed by atoms with Crippen LogP contribution in [0.5, 0.6) is 0 Å². The molecule has 3 heterocycles. The van der Waals surface area contributed by atoms with E-state index in [9.17, 15) is 14.7 Å². The molecule has 5 rings (SSSR count). The lowest BCUT2D eigenvalue weighted by Gasteiger charge is -2.38. The van der Waals surface area contributed by atoms with Crippen LogP contribution in [0, 0.1) is 5.82 Å². The van der Waals surface area contributed by atoms with E-state index < -0.39 is 31.8 Å². The summed E-state index contributed by atoms with van der Waals surface area (Å²) < 4.78 is 24.9. The molecule has 11 heteroatoms. The number of para-hydroxylation sites is 1. The molecule has 1 aliphatic heterocycles. The lowest BCUT2D eigenvalue weighted by molar-refractivity contribution is 0.131. The Morgan fingerprint density at radius 3 is 2.45 bits per heavy atom. The lowest BCUT2D eigenvalue weighted by atomic mass is 10.0. The van der Waals surface area contributed by atoms with E-state index >= 15 is 4.39 Å². The Bertz CT molecular complexity index is 1640. The number of halogens is 1. The van der Waals surface area contributed by atoms with Crippen LogP contribution in [0.4, 0.5) is 9.18 Å². The summed E-state index contributed by atoms with van der Waals surface area (Å²) in [6.07, 6.45) is 2.03. The van der Waals surface area contributed by atoms with Gasteiger partial charge in [-0.25, -0.2) is 14.2 Å². The minimum Gasteiger partial charge on any atom is -0.465 e. The quantitative estimate of drug-likeness (QED) is 0.311. The van der Waals surface area contributed by atoms with Gasteiger partial charge in [0.25, 0.3) is 5.56 Å². The summed E-state index contributed by atoms with van der Waals surface area (Å²) in [5.74, 6) is -0.293. The van der Waals surface area contributed by atoms with E-state index in [1.165, 1.54) is 32.5 Å². The van der Waals surface area contributed by atoms with Gasteiger partial charge in [0.05, 0.1) is 34.9 Å². The van der Waals surface area contributed by atoms with Gasteiger partial charge in [-0.15, -0.1) is 0 Å². The SMILES string of the molecule is Cn1cc(-c2c(F)ccc3nc(C4CC(O[Si](C)(C)C(C)(C)C)CN4C(=O)O)n(-c4ccccc4)c(=O)c23)cn1. The van der Waals surface area contributed by atoms with Crippen molar-refractivity contribution in [3.63, 3.8) is 0 Å². The van der Waals surface area contributed by atoms with Crippen LogP contribution < -0.4 is 5.56 Å². The van der Waals surface area contributed by atoms with Gasteiger partial charge >= 0.3 is 6.09 Å². The molecule has 0 aliphatic carbocycles. The highest BCUT2D eigenvalue weighted by Gasteiger charge is 2.45. The molecule has 1 aliphatic rings. The summed E-state index contributed by atoms with van der Waals surface area (Å²) in [5.41, 5.74) is 0.875. The summed E-state index contributed by atoms with van der Waals surface area (Å²) in [6, 6.07) is 10.9. The molecule has 0 saturated carbocycles. The summed E-state index contributed by atoms with van der Waals surface area (Å²) in [5, 5.41) is 14.4. The van der Waals surface area contributed by atoms with Crippen LogP contribution >= 0.6 is 0 Å². The predicted molar refractivity (Wildman–Crippen MR) is 154 cm³/mol. The molecule has 0 radical (unpaired) electrons. The van der Waals surface area contributed by atoms with Gasteiger partial charge in [-0.05, 0) is 42.4 Å². The molecule has 4 aromatic rings. The van der Waals surface area contributed by atoms with E-state index in [1.54, 1.807) is 37.5 Å². The molecular weight excluding hydrogens is 529 g/mol. The summed E-state index contributed by atoms with van der Waals surface area (Å²) >= 11 is 0. The topological polar surface area (TPSA) is 102 Å². The minimum absolute atomic E-state index is 0.0563. The number of carboxylic acid groups (broad SMARTS) is 1. The van der Waals surface area contributed by atoms with Gasteiger partial charge in [0.1, 0.15) is 11.6 Å². The van der Waals surface area contributed by atoms with Crippen molar-refractivity contribution in [1.82, 2.24) is 24.2 Å². The number of nitrogens with zero attached hydrogens (tertiary/aromatic N) is 5. The van der Waals surface area contributed by atoms with Gasteiger partial charge in [0.2, 0.25) is 0 Å². The summed E-state index contributed by atoms with van der Waals surface area (Å²) in [7, 11) is -0.488. The Morgan fingerprint density at radius 2 is 1.85 bits per heavy atom. The maximum Gasteiger partial charge on any atom is 0.408 e. The number of aromatic nitrogens is 4. The van der Waals surface area contributed by atoms with Gasteiger partial charge in [-0.3, -0.25) is 18.9 Å². The van der Waals surface area contributed by atoms with Crippen molar-refractivity contribution in [1.29, 1.82) is 0 Å². The molecule has 2 unspecified atom stereocenters. The van der Waals surface area contributed by atoms with Crippen molar-refractivity contribution in [3.05, 3.63) is 76.9 Å². The van der Waals surface area contributed by atoms with Crippen molar-refractivity contribution >= 4 is 25.3 Å². The molecule has 2 atom stereocenters. The zero-order valence-electron chi connectivity index (χ0n) is 23.6. The van der Waals surface area contributed by atoms with Crippen molar-refractivity contribution in [2.24, 2.45) is 7.05 Å². The van der Waals surface area contributed by atoms with E-state index in [1.807, 2.05) is 6.07 Å². The molecule has 9 nitrogen and oxygen atoms in total. The third-order valence-electron chi connectivity index (χ3n) is 8.10. The van der Waals surface area contributed by atoms with Crippen LogP contribution in [0.3, 0.4) is 0 Å². The number of benzene rings is 2. The number of aryl methyl sites for hydroxylation is 1. The number of rotatable bonds is 5. The first kappa shape index (κ1) is 27.7. The zero-order chi connectivity index (χ0) is 29.0. The summed E-state index contributed by atoms with van der Waals surface area (Å²) in [6.45, 7) is 10.8. The zero-order valence-corrected chi connectivity index (χ0v) is 24.6. The van der Waals surface area contributed by atoms with E-state index in [-0.39, 0.29) is 40.0 Å². The van der Waals surface area contributed by atoms with Crippen LogP contribution in [0.25, 0.3) is 27.7 Å². The molecule has 2 aromatic carbocycles. The second kappa shape index (κ2) is 9.97. The first-order valence-corrected chi connectivity index (χ1v) is 16.2. The highest BCUT2D eigenvalue weighted by molar-refractivity contribution is 6.74. The predicted octanol–water partition coefficient (Wildman–Crippen LogP) is 5.74. The molecule has 0 bridgehead atoms. The van der Waals surface area contributed by atoms with Crippen LogP contribution in [-0.4, -0.2) is 56.4 Å². The largest absolute Gasteiger partial charge is 0.465 e. The number of likely N-dealkylation sites (tertiary alicyclic amines) is 1. The number of fused-ring (bicyclic) bond motifs is 1. The van der Waals surface area contributed by atoms with Crippen LogP contribution in [-0.2, 0) is 11.5 Å². The van der Waals surface area contributed by atoms with Crippen molar-refractivity contribution < 1.29 is 18.7 Å². The third kappa shape index (κ3) is 4.84. The van der Waals surface area contributed by atoms with E-state index in [0.29, 0.717) is 17.7 Å². The van der Waals surface area contributed by atoms with E-state index in [0.717, 1.165) is 0 Å². The fraction of sp³-hybridized carbons (Fsp3) is 0.379. The first-order chi connectivity index (χ1) is 18.8. The highest BCUT2D eigenvalue weighted by atomic mass is 28.4. The number of carbonyl (C=O) groups is 1. The first-order valence-electron chi connectivity index (χ1n) is 13.3. The minimum atomic E-state index is -2.20. The highest BCUT2D eigenvalue weighted by Crippen LogP contribution is 2.41. The number of amides is 1. The van der Waals surface area contributed by atoms with Gasteiger partial charge in [0, 0.05) is 37.3 Å². The molecule has 1 fully saturated rings. The Kier molecular flexibility index (Phi) is 6.91. The molecular formula is C29H34FN5O4Si. The van der Waals surface area contributed by atoms with Gasteiger partial charge in [-0.2, -0.15) is 5.10 Å². The van der Waals surface area contributed by atoms with Gasteiger partial charge < -0.3 is 9.53 Å². The van der Waals surface area contributed by atoms with Crippen molar-refractivity contribution in [2.45, 2.75) is 57.5 Å². The second-order valence-electron chi connectivity index (χ2n) is 11.9. The molecule has 1 N–H and O–H groups in total. The van der Waals surface area contributed by atoms with E-state index in [4.69, 9.17) is 9.41 Å². The number of hydrogen-bond donors (Lipinski definition) is 1. The average Bonchev–Trinajstić information content (AvgIpc) is 3.50. The molecule has 1 amide bonds. The van der Waals surface area contributed by atoms with Crippen molar-refractivity contribution in [2.75, 3.05) is 6.54 Å². The molecule has 2 aromatic heterocycles. The smallest absolute Gasteiger partial charge is 0.408 e. The average molecular weight is 564 g/mol. The summed E-state index contributed by atoms with van der Waals surface area (Å²) in [4.78, 5) is 33.0. The van der Waals surface area contributed by atoms with Crippen LogP contribution in [0.2, 0.25) is 18.1 Å². The van der Waals surface area contributed by atoms with E-state index in [2.05, 4.69) is 39.0 Å². The lowest BCUT2D eigenvalue weighted by Crippen LogP contribution is -2.44. The van der Waals surface area contributed by atoms with Crippen LogP contribution in [0.15, 0.2) is 59.7 Å². The molecule has 210 valence electrons. The Hall–Kier alpha value is -3.83. The maximum atomic E-state index is 15.3. The fourth-order valence-electron chi connectivity index (χ4n) is 5.08. The normalized spacial score (nSPS) is 18.0. The third-order valence-corrected chi connectivity index (χ3v) is 12.6. The second-order valence-corrected chi connectivity index (χ2v) is 16.6. The van der Waals surface area contributed by atoms with Gasteiger partial charge in [-0.1, -0.05) is 39.0 Å². The fourth-order valence-corrected chi connectivity index (χ4v) is 6.44. The number of hydrogen-bond acceptors (Lipinski definition) is 5. The molecule has 0 spiro atoms. The molecule has 1 saturated heterocycles. The van der Waals surface area contributed by atoms with Gasteiger partial charge in [0.15, 0.2) is 8.32 Å². The van der Waals surface area contributed by atoms with Crippen LogP contribution in [0.1, 0.15) is 39.1 Å². The molecule has 40 heavy (non-hydrogen) atoms. The monoisotopic (exact) mass is 563 g/mol. The standard InChI is InChI=1S/C29H34FN5O4Si/c1-29(2,3)40(5,6)39-20-14-23(34(17-20)28(37)38)26-32-22-13-12-21(30)24(18-15-31-33(4)16-18)25(22)27(36)35(26)19-10-8-7-9-11-19/h7-13,15-16,20,23H,14,17H2,1-6H3,(H,37,38). The Labute approximate surface area is 233 Å². The van der Waals surface area contributed by atoms with Crippen molar-refractivity contribution in [3.8, 4) is 16.8 Å². The Morgan fingerprint density at radius 1 is 1.15 bits per heavy atom. The maximum absolute atomic E-state index is 15.3. The Balaban J connectivity index is 1.73.